The van der Waals surface area contributed by atoms with Gasteiger partial charge in [-0.1, -0.05) is 130 Å². The fourth-order valence-electron chi connectivity index (χ4n) is 4.45. The van der Waals surface area contributed by atoms with Gasteiger partial charge in [-0.15, -0.1) is 19.7 Å². The molecular weight excluding hydrogens is 678 g/mol. The van der Waals surface area contributed by atoms with Crippen LogP contribution in [-0.2, 0) is 0 Å². The van der Waals surface area contributed by atoms with E-state index in [1.54, 1.807) is 19.9 Å². The minimum Gasteiger partial charge on any atom is -0.384 e. The molecule has 1 aliphatic rings. The van der Waals surface area contributed by atoms with E-state index in [-0.39, 0.29) is 24.3 Å². The highest BCUT2D eigenvalue weighted by Gasteiger charge is 2.26. The molecule has 55 heavy (non-hydrogen) atoms. The predicted molar refractivity (Wildman–Crippen MR) is 254 cm³/mol. The highest BCUT2D eigenvalue weighted by atomic mass is 19.1. The third-order valence-electron chi connectivity index (χ3n) is 7.67. The van der Waals surface area contributed by atoms with Crippen molar-refractivity contribution in [1.29, 1.82) is 0 Å². The Morgan fingerprint density at radius 2 is 1.55 bits per heavy atom. The Labute approximate surface area is 341 Å². The van der Waals surface area contributed by atoms with Crippen molar-refractivity contribution >= 4 is 11.5 Å². The maximum Gasteiger partial charge on any atom is 0.121 e. The van der Waals surface area contributed by atoms with Gasteiger partial charge < -0.3 is 16.0 Å². The fourth-order valence-corrected chi connectivity index (χ4v) is 4.45. The summed E-state index contributed by atoms with van der Waals surface area (Å²) in [6.07, 6.45) is 18.9. The van der Waals surface area contributed by atoms with E-state index < -0.39 is 5.54 Å². The van der Waals surface area contributed by atoms with Crippen molar-refractivity contribution < 1.29 is 4.39 Å². The van der Waals surface area contributed by atoms with Crippen molar-refractivity contribution in [1.82, 2.24) is 16.0 Å². The standard InChI is InChI=1S/C39H58FN5.4C2H6.C2H4/c1-14-16-36(20-19-29(6)25-31(8)27(2)3)44-34(11)39(13)23-21-38(45-35(12)43-32(9)22-24-42-39)33(10)41-26-30(7)17-15-18-37(40)28(4)5;5*1-2/h14-15,17,21-25,29,32,36,41-42,44H,1-2,7,10-11,16,18-20,26H2,3-6,8-9,12-13H3;4*1-2H3;1-2H2/b17-15?,23-21?,24-22?,31-25+,43-35?,45-38?;;;;;. The third kappa shape index (κ3) is 29.8. The molecule has 1 rings (SSSR count). The monoisotopic (exact) mass is 764 g/mol. The Morgan fingerprint density at radius 3 is 2.05 bits per heavy atom. The zero-order valence-corrected chi connectivity index (χ0v) is 38.6. The molecule has 0 aromatic carbocycles. The lowest BCUT2D eigenvalue weighted by atomic mass is 9.93. The largest absolute Gasteiger partial charge is 0.384 e. The van der Waals surface area contributed by atoms with E-state index >= 15 is 0 Å². The van der Waals surface area contributed by atoms with Gasteiger partial charge in [-0.25, -0.2) is 9.38 Å². The molecule has 0 bridgehead atoms. The van der Waals surface area contributed by atoms with Crippen molar-refractivity contribution in [2.75, 3.05) is 6.54 Å². The molecule has 1 heterocycles. The molecule has 0 aromatic heterocycles. The van der Waals surface area contributed by atoms with Gasteiger partial charge in [0.25, 0.3) is 0 Å². The number of aliphatic imine (C=N–C) groups is 2. The van der Waals surface area contributed by atoms with E-state index in [0.717, 1.165) is 36.1 Å². The van der Waals surface area contributed by atoms with Crippen LogP contribution in [0.2, 0.25) is 0 Å². The Bertz CT molecular complexity index is 1320. The number of halogens is 1. The van der Waals surface area contributed by atoms with Gasteiger partial charge in [0.05, 0.1) is 23.0 Å². The average molecular weight is 764 g/mol. The second-order valence-corrected chi connectivity index (χ2v) is 12.5. The molecule has 4 unspecified atom stereocenters. The van der Waals surface area contributed by atoms with Crippen LogP contribution in [0.15, 0.2) is 144 Å². The van der Waals surface area contributed by atoms with Gasteiger partial charge in [0.2, 0.25) is 0 Å². The Hall–Kier alpha value is -4.19. The van der Waals surface area contributed by atoms with Crippen LogP contribution >= 0.6 is 0 Å². The highest BCUT2D eigenvalue weighted by Crippen LogP contribution is 2.21. The Morgan fingerprint density at radius 1 is 0.982 bits per heavy atom. The van der Waals surface area contributed by atoms with Crippen molar-refractivity contribution in [3.05, 3.63) is 134 Å². The summed E-state index contributed by atoms with van der Waals surface area (Å²) >= 11 is 0. The van der Waals surface area contributed by atoms with Crippen LogP contribution in [-0.4, -0.2) is 35.7 Å². The average Bonchev–Trinajstić information content (AvgIpc) is 3.20. The number of nitrogens with zero attached hydrogens (tertiary/aromatic N) is 2. The number of nitrogens with one attached hydrogen (secondary N) is 3. The highest BCUT2D eigenvalue weighted by molar-refractivity contribution is 6.12. The van der Waals surface area contributed by atoms with Gasteiger partial charge in [-0.05, 0) is 103 Å². The van der Waals surface area contributed by atoms with Gasteiger partial charge in [-0.2, -0.15) is 0 Å². The molecule has 0 aliphatic carbocycles. The van der Waals surface area contributed by atoms with E-state index in [2.05, 4.69) is 93.8 Å². The number of hydrogen-bond donors (Lipinski definition) is 3. The van der Waals surface area contributed by atoms with Crippen molar-refractivity contribution in [2.45, 2.75) is 154 Å². The summed E-state index contributed by atoms with van der Waals surface area (Å²) in [4.78, 5) is 9.48. The van der Waals surface area contributed by atoms with Crippen LogP contribution < -0.4 is 16.0 Å². The topological polar surface area (TPSA) is 60.8 Å². The van der Waals surface area contributed by atoms with Crippen LogP contribution in [0.5, 0.6) is 0 Å². The number of rotatable bonds is 17. The lowest BCUT2D eigenvalue weighted by molar-refractivity contribution is 0.437. The molecule has 6 heteroatoms. The van der Waals surface area contributed by atoms with Gasteiger partial charge >= 0.3 is 0 Å². The summed E-state index contributed by atoms with van der Waals surface area (Å²) in [5.41, 5.74) is 5.30. The SMILES string of the molecule is C=C.C=CCC(CCC(C)/C=C(\C)C(=C)C)NC(=C)C1(C)C=CC(C(=C)NCC(=C)C=CCC(F)=C(C)C)=NC(C)=NC(C)C=CN1.CC.CC.CC.CC. The summed E-state index contributed by atoms with van der Waals surface area (Å²) in [7, 11) is 0. The van der Waals surface area contributed by atoms with Crippen LogP contribution in [0.3, 0.4) is 0 Å². The van der Waals surface area contributed by atoms with Gasteiger partial charge in [-0.3, -0.25) is 4.99 Å². The maximum atomic E-state index is 13.8. The molecule has 5 nitrogen and oxygen atoms in total. The summed E-state index contributed by atoms with van der Waals surface area (Å²) < 4.78 is 13.8. The normalized spacial score (nSPS) is 17.0. The quantitative estimate of drug-likeness (QED) is 0.102. The molecule has 0 amide bonds. The van der Waals surface area contributed by atoms with Crippen LogP contribution in [0.25, 0.3) is 0 Å². The van der Waals surface area contributed by atoms with E-state index in [9.17, 15) is 4.39 Å². The molecule has 0 radical (unpaired) electrons. The van der Waals surface area contributed by atoms with E-state index in [0.29, 0.717) is 35.3 Å². The number of allylic oxidation sites excluding steroid dienone is 7. The molecular formula is C49H86FN5. The zero-order chi connectivity index (χ0) is 44.2. The van der Waals surface area contributed by atoms with Gasteiger partial charge in [0.1, 0.15) is 11.7 Å². The molecule has 3 N–H and O–H groups in total. The minimum absolute atomic E-state index is 0.0795. The van der Waals surface area contributed by atoms with E-state index in [4.69, 9.17) is 4.99 Å². The van der Waals surface area contributed by atoms with Crippen molar-refractivity contribution in [2.24, 2.45) is 15.9 Å². The summed E-state index contributed by atoms with van der Waals surface area (Å²) in [5.74, 6) is 0.947. The van der Waals surface area contributed by atoms with Crippen molar-refractivity contribution in [3.8, 4) is 0 Å². The summed E-state index contributed by atoms with van der Waals surface area (Å²) in [5, 5.41) is 10.5. The Kier molecular flexibility index (Phi) is 41.6. The van der Waals surface area contributed by atoms with E-state index in [1.807, 2.05) is 113 Å². The molecule has 1 aliphatic heterocycles. The van der Waals surface area contributed by atoms with Crippen LogP contribution in [0.1, 0.15) is 136 Å². The first-order valence-electron chi connectivity index (χ1n) is 20.3. The number of hydrogen-bond acceptors (Lipinski definition) is 5. The second kappa shape index (κ2) is 38.1. The first-order valence-corrected chi connectivity index (χ1v) is 20.3. The lowest BCUT2D eigenvalue weighted by Crippen LogP contribution is -2.46. The van der Waals surface area contributed by atoms with Crippen LogP contribution in [0.4, 0.5) is 4.39 Å². The maximum absolute atomic E-state index is 13.8. The molecule has 0 saturated carbocycles. The Balaban J connectivity index is -0.000000766. The van der Waals surface area contributed by atoms with Crippen molar-refractivity contribution in [3.63, 3.8) is 0 Å². The predicted octanol–water partition coefficient (Wildman–Crippen LogP) is 14.4. The molecule has 0 fully saturated rings. The third-order valence-corrected chi connectivity index (χ3v) is 7.67. The number of amidine groups is 1. The molecule has 0 saturated heterocycles. The van der Waals surface area contributed by atoms with Crippen LogP contribution in [0, 0.1) is 5.92 Å². The zero-order valence-electron chi connectivity index (χ0n) is 38.6. The smallest absolute Gasteiger partial charge is 0.121 e. The van der Waals surface area contributed by atoms with Gasteiger partial charge in [0, 0.05) is 24.7 Å². The van der Waals surface area contributed by atoms with E-state index in [1.165, 1.54) is 5.57 Å². The molecule has 0 aromatic rings. The van der Waals surface area contributed by atoms with Gasteiger partial charge in [0.15, 0.2) is 0 Å². The first-order chi connectivity index (χ1) is 26.1. The summed E-state index contributed by atoms with van der Waals surface area (Å²) in [6.45, 7) is 59.2. The lowest BCUT2D eigenvalue weighted by Gasteiger charge is -2.33. The second-order valence-electron chi connectivity index (χ2n) is 12.5. The minimum atomic E-state index is -0.641. The molecule has 314 valence electrons. The summed E-state index contributed by atoms with van der Waals surface area (Å²) in [6, 6.07) is 0.104. The first kappa shape index (κ1) is 60.1. The molecule has 4 atom stereocenters. The molecule has 0 spiro atoms. The fraction of sp³-hybridized carbons (Fsp3) is 0.510.